The summed E-state index contributed by atoms with van der Waals surface area (Å²) in [6, 6.07) is 5.85. The molecule has 0 saturated heterocycles. The summed E-state index contributed by atoms with van der Waals surface area (Å²) >= 11 is 0. The molecule has 8 heteroatoms. The van der Waals surface area contributed by atoms with Crippen molar-refractivity contribution < 1.29 is 13.3 Å². The van der Waals surface area contributed by atoms with Crippen LogP contribution in [0.15, 0.2) is 30.5 Å². The molecule has 112 valence electrons. The molecule has 2 rings (SSSR count). The van der Waals surface area contributed by atoms with Crippen LogP contribution in [0.1, 0.15) is 6.92 Å². The lowest BCUT2D eigenvalue weighted by molar-refractivity contribution is -0.383. The molecule has 1 atom stereocenters. The Kier molecular flexibility index (Phi) is 4.08. The Morgan fingerprint density at radius 3 is 2.71 bits per heavy atom. The number of hydrogen-bond acceptors (Lipinski definition) is 6. The highest BCUT2D eigenvalue weighted by molar-refractivity contribution is 7.90. The maximum absolute atomic E-state index is 11.3. The van der Waals surface area contributed by atoms with Gasteiger partial charge in [-0.05, 0) is 25.1 Å². The first-order valence-electron chi connectivity index (χ1n) is 6.24. The van der Waals surface area contributed by atoms with Gasteiger partial charge in [0.2, 0.25) is 0 Å². The number of aromatic nitrogens is 1. The van der Waals surface area contributed by atoms with Gasteiger partial charge in [-0.25, -0.2) is 8.42 Å². The number of rotatable bonds is 5. The zero-order chi connectivity index (χ0) is 15.6. The first kappa shape index (κ1) is 15.2. The normalized spacial score (nSPS) is 13.0. The van der Waals surface area contributed by atoms with Crippen molar-refractivity contribution in [3.8, 4) is 0 Å². The molecular formula is C13H15N3O4S. The molecule has 7 nitrogen and oxygen atoms in total. The molecule has 21 heavy (non-hydrogen) atoms. The van der Waals surface area contributed by atoms with Crippen molar-refractivity contribution in [1.29, 1.82) is 0 Å². The van der Waals surface area contributed by atoms with E-state index in [0.717, 1.165) is 6.26 Å². The second kappa shape index (κ2) is 5.65. The van der Waals surface area contributed by atoms with Crippen LogP contribution in [0.2, 0.25) is 0 Å². The molecule has 1 heterocycles. The molecular weight excluding hydrogens is 294 g/mol. The van der Waals surface area contributed by atoms with Crippen LogP contribution in [-0.4, -0.2) is 36.4 Å². The van der Waals surface area contributed by atoms with E-state index in [9.17, 15) is 18.5 Å². The minimum Gasteiger partial charge on any atom is -0.380 e. The number of nitrogens with zero attached hydrogens (tertiary/aromatic N) is 2. The predicted octanol–water partition coefficient (Wildman–Crippen LogP) is 1.99. The van der Waals surface area contributed by atoms with E-state index < -0.39 is 14.8 Å². The molecule has 0 bridgehead atoms. The molecule has 0 amide bonds. The summed E-state index contributed by atoms with van der Waals surface area (Å²) < 4.78 is 22.6. The fourth-order valence-corrected chi connectivity index (χ4v) is 3.19. The smallest absolute Gasteiger partial charge is 0.278 e. The fraction of sp³-hybridized carbons (Fsp3) is 0.308. The highest BCUT2D eigenvalue weighted by Crippen LogP contribution is 2.30. The van der Waals surface area contributed by atoms with E-state index in [1.54, 1.807) is 31.3 Å². The van der Waals surface area contributed by atoms with Gasteiger partial charge in [-0.15, -0.1) is 0 Å². The summed E-state index contributed by atoms with van der Waals surface area (Å²) in [6.45, 7) is 1.73. The van der Waals surface area contributed by atoms with Crippen LogP contribution in [0.3, 0.4) is 0 Å². The molecule has 0 saturated carbocycles. The SMILES string of the molecule is CC(CS(C)(=O)=O)Nc1ccc([N+](=O)[O-])c2cccnc12. The van der Waals surface area contributed by atoms with Gasteiger partial charge in [0, 0.05) is 24.6 Å². The quantitative estimate of drug-likeness (QED) is 0.669. The number of nitro benzene ring substituents is 1. The zero-order valence-corrected chi connectivity index (χ0v) is 12.4. The summed E-state index contributed by atoms with van der Waals surface area (Å²) in [4.78, 5) is 14.7. The molecule has 0 fully saturated rings. The second-order valence-corrected chi connectivity index (χ2v) is 7.11. The van der Waals surface area contributed by atoms with Gasteiger partial charge in [0.05, 0.1) is 21.7 Å². The minimum atomic E-state index is -3.11. The molecule has 2 aromatic rings. The van der Waals surface area contributed by atoms with E-state index >= 15 is 0 Å². The van der Waals surface area contributed by atoms with Crippen molar-refractivity contribution in [2.45, 2.75) is 13.0 Å². The Hall–Kier alpha value is -2.22. The van der Waals surface area contributed by atoms with Crippen molar-refractivity contribution in [2.75, 3.05) is 17.3 Å². The van der Waals surface area contributed by atoms with Crippen LogP contribution >= 0.6 is 0 Å². The van der Waals surface area contributed by atoms with Gasteiger partial charge in [0.25, 0.3) is 5.69 Å². The van der Waals surface area contributed by atoms with Gasteiger partial charge in [-0.3, -0.25) is 15.1 Å². The van der Waals surface area contributed by atoms with Crippen LogP contribution in [0.25, 0.3) is 10.9 Å². The van der Waals surface area contributed by atoms with Crippen LogP contribution in [-0.2, 0) is 9.84 Å². The van der Waals surface area contributed by atoms with Gasteiger partial charge in [-0.2, -0.15) is 0 Å². The van der Waals surface area contributed by atoms with Gasteiger partial charge in [-0.1, -0.05) is 0 Å². The summed E-state index contributed by atoms with van der Waals surface area (Å²) in [5.41, 5.74) is 0.999. The Morgan fingerprint density at radius 1 is 1.38 bits per heavy atom. The van der Waals surface area contributed by atoms with Gasteiger partial charge >= 0.3 is 0 Å². The molecule has 0 aliphatic heterocycles. The first-order valence-corrected chi connectivity index (χ1v) is 8.30. The largest absolute Gasteiger partial charge is 0.380 e. The number of nitro groups is 1. The molecule has 1 aromatic carbocycles. The highest BCUT2D eigenvalue weighted by atomic mass is 32.2. The number of hydrogen-bond donors (Lipinski definition) is 1. The number of anilines is 1. The first-order chi connectivity index (χ1) is 9.78. The highest BCUT2D eigenvalue weighted by Gasteiger charge is 2.17. The van der Waals surface area contributed by atoms with Gasteiger partial charge in [0.1, 0.15) is 15.4 Å². The number of benzene rings is 1. The molecule has 0 radical (unpaired) electrons. The lowest BCUT2D eigenvalue weighted by Gasteiger charge is -2.15. The third-order valence-corrected chi connectivity index (χ3v) is 4.00. The molecule has 0 aliphatic carbocycles. The maximum atomic E-state index is 11.3. The maximum Gasteiger partial charge on any atom is 0.278 e. The van der Waals surface area contributed by atoms with Gasteiger partial charge < -0.3 is 5.32 Å². The lowest BCUT2D eigenvalue weighted by atomic mass is 10.1. The number of fused-ring (bicyclic) bond motifs is 1. The van der Waals surface area contributed by atoms with Crippen molar-refractivity contribution in [3.05, 3.63) is 40.6 Å². The van der Waals surface area contributed by atoms with Crippen LogP contribution in [0.4, 0.5) is 11.4 Å². The molecule has 0 spiro atoms. The monoisotopic (exact) mass is 309 g/mol. The topological polar surface area (TPSA) is 102 Å². The van der Waals surface area contributed by atoms with E-state index in [0.29, 0.717) is 16.6 Å². The predicted molar refractivity (Wildman–Crippen MR) is 81.2 cm³/mol. The fourth-order valence-electron chi connectivity index (χ4n) is 2.19. The van der Waals surface area contributed by atoms with Crippen LogP contribution in [0.5, 0.6) is 0 Å². The van der Waals surface area contributed by atoms with E-state index in [1.807, 2.05) is 0 Å². The number of nitrogens with one attached hydrogen (secondary N) is 1. The Balaban J connectivity index is 2.42. The van der Waals surface area contributed by atoms with Crippen LogP contribution in [0, 0.1) is 10.1 Å². The lowest BCUT2D eigenvalue weighted by Crippen LogP contribution is -2.25. The Bertz CT molecular complexity index is 789. The van der Waals surface area contributed by atoms with Crippen molar-refractivity contribution in [1.82, 2.24) is 4.98 Å². The summed E-state index contributed by atoms with van der Waals surface area (Å²) in [5.74, 6) is -0.0294. The number of pyridine rings is 1. The number of non-ortho nitro benzene ring substituents is 1. The number of sulfone groups is 1. The van der Waals surface area contributed by atoms with Crippen molar-refractivity contribution in [3.63, 3.8) is 0 Å². The van der Waals surface area contributed by atoms with Crippen LogP contribution < -0.4 is 5.32 Å². The van der Waals surface area contributed by atoms with E-state index in [1.165, 1.54) is 6.07 Å². The van der Waals surface area contributed by atoms with E-state index in [-0.39, 0.29) is 17.5 Å². The average molecular weight is 309 g/mol. The molecule has 1 N–H and O–H groups in total. The molecule has 1 aromatic heterocycles. The molecule has 0 aliphatic rings. The van der Waals surface area contributed by atoms with E-state index in [4.69, 9.17) is 0 Å². The third kappa shape index (κ3) is 3.66. The zero-order valence-electron chi connectivity index (χ0n) is 11.6. The third-order valence-electron chi connectivity index (χ3n) is 2.90. The minimum absolute atomic E-state index is 0.0283. The summed E-state index contributed by atoms with van der Waals surface area (Å²) in [7, 11) is -3.11. The second-order valence-electron chi connectivity index (χ2n) is 4.93. The van der Waals surface area contributed by atoms with Crippen molar-refractivity contribution >= 4 is 32.1 Å². The summed E-state index contributed by atoms with van der Waals surface area (Å²) in [6.07, 6.45) is 2.70. The molecule has 1 unspecified atom stereocenters. The van der Waals surface area contributed by atoms with Gasteiger partial charge in [0.15, 0.2) is 0 Å². The summed E-state index contributed by atoms with van der Waals surface area (Å²) in [5, 5.41) is 14.5. The van der Waals surface area contributed by atoms with E-state index in [2.05, 4.69) is 10.3 Å². The standard InChI is InChI=1S/C13H15N3O4S/c1-9(8-21(2,19)20)15-11-5-6-12(16(17)18)10-4-3-7-14-13(10)11/h3-7,9,15H,8H2,1-2H3. The average Bonchev–Trinajstić information content (AvgIpc) is 2.36. The Labute approximate surface area is 122 Å². The van der Waals surface area contributed by atoms with Crippen molar-refractivity contribution in [2.24, 2.45) is 0 Å². The Morgan fingerprint density at radius 2 is 2.10 bits per heavy atom.